The Balaban J connectivity index is 1.83. The number of hydrogen-bond donors (Lipinski definition) is 2. The van der Waals surface area contributed by atoms with Crippen molar-refractivity contribution in [1.29, 1.82) is 0 Å². The highest BCUT2D eigenvalue weighted by Crippen LogP contribution is 2.42. The summed E-state index contributed by atoms with van der Waals surface area (Å²) in [5, 5.41) is 22.2. The van der Waals surface area contributed by atoms with E-state index >= 15 is 0 Å². The molecule has 4 aromatic rings. The van der Waals surface area contributed by atoms with Crippen LogP contribution < -0.4 is 0 Å². The Bertz CT molecular complexity index is 1450. The SMILES string of the molecule is CCc1cc(-c2cc(C)c(O)c(C(C)c3ccc(C=O)cc3)c2)cc(C(CC)c2ccc(C=O)cc2)c1O. The number of carbonyl (C=O) groups is 2. The lowest BCUT2D eigenvalue weighted by molar-refractivity contribution is 0.111. The van der Waals surface area contributed by atoms with E-state index in [-0.39, 0.29) is 17.6 Å². The number of aldehydes is 2. The molecule has 0 radical (unpaired) electrons. The lowest BCUT2D eigenvalue weighted by atomic mass is 9.83. The van der Waals surface area contributed by atoms with Gasteiger partial charge in [0.25, 0.3) is 0 Å². The summed E-state index contributed by atoms with van der Waals surface area (Å²) < 4.78 is 0. The molecule has 4 aromatic carbocycles. The number of phenols is 2. The monoisotopic (exact) mass is 506 g/mol. The van der Waals surface area contributed by atoms with E-state index in [1.54, 1.807) is 12.1 Å². The molecule has 0 aliphatic heterocycles. The van der Waals surface area contributed by atoms with Gasteiger partial charge in [0.15, 0.2) is 0 Å². The van der Waals surface area contributed by atoms with Gasteiger partial charge in [-0.15, -0.1) is 0 Å². The molecule has 2 atom stereocenters. The van der Waals surface area contributed by atoms with Crippen molar-refractivity contribution < 1.29 is 19.8 Å². The van der Waals surface area contributed by atoms with Crippen LogP contribution in [0.5, 0.6) is 11.5 Å². The van der Waals surface area contributed by atoms with Gasteiger partial charge in [-0.1, -0.05) is 69.3 Å². The van der Waals surface area contributed by atoms with Crippen molar-refractivity contribution in [3.8, 4) is 22.6 Å². The van der Waals surface area contributed by atoms with Gasteiger partial charge in [0.2, 0.25) is 0 Å². The normalized spacial score (nSPS) is 12.6. The maximum Gasteiger partial charge on any atom is 0.150 e. The Kier molecular flexibility index (Phi) is 8.11. The summed E-state index contributed by atoms with van der Waals surface area (Å²) in [6.07, 6.45) is 3.12. The Hall–Kier alpha value is -4.18. The third-order valence-corrected chi connectivity index (χ3v) is 7.56. The molecule has 0 heterocycles. The van der Waals surface area contributed by atoms with Crippen LogP contribution >= 0.6 is 0 Å². The van der Waals surface area contributed by atoms with Gasteiger partial charge in [0.05, 0.1) is 0 Å². The standard InChI is InChI=1S/C34H34O4/c1-5-25-16-29(18-32(34(25)38)30(6-2)27-13-9-24(20-36)10-14-27)28-15-21(3)33(37)31(17-28)22(4)26-11-7-23(19-35)8-12-26/h7-20,22,30,37-38H,5-6H2,1-4H3. The fourth-order valence-corrected chi connectivity index (χ4v) is 5.21. The van der Waals surface area contributed by atoms with Crippen molar-refractivity contribution in [3.05, 3.63) is 117 Å². The summed E-state index contributed by atoms with van der Waals surface area (Å²) in [5.74, 6) is 0.448. The topological polar surface area (TPSA) is 74.6 Å². The molecule has 2 N–H and O–H groups in total. The van der Waals surface area contributed by atoms with Crippen LogP contribution in [0.25, 0.3) is 11.1 Å². The van der Waals surface area contributed by atoms with E-state index in [9.17, 15) is 19.8 Å². The molecular weight excluding hydrogens is 472 g/mol. The first-order valence-corrected chi connectivity index (χ1v) is 13.1. The van der Waals surface area contributed by atoms with E-state index in [1.165, 1.54) is 0 Å². The zero-order valence-electron chi connectivity index (χ0n) is 22.4. The highest BCUT2D eigenvalue weighted by Gasteiger charge is 2.21. The number of phenolic OH excluding ortho intramolecular Hbond substituents is 2. The summed E-state index contributed by atoms with van der Waals surface area (Å²) in [5.41, 5.74) is 8.54. The summed E-state index contributed by atoms with van der Waals surface area (Å²) in [4.78, 5) is 22.2. The molecule has 0 aromatic heterocycles. The predicted octanol–water partition coefficient (Wildman–Crippen LogP) is 7.95. The maximum atomic E-state index is 11.2. The van der Waals surface area contributed by atoms with Gasteiger partial charge in [-0.05, 0) is 77.4 Å². The fourth-order valence-electron chi connectivity index (χ4n) is 5.21. The molecule has 0 spiro atoms. The van der Waals surface area contributed by atoms with E-state index in [0.29, 0.717) is 23.3 Å². The van der Waals surface area contributed by atoms with Gasteiger partial charge in [0, 0.05) is 34.1 Å². The molecule has 4 rings (SSSR count). The predicted molar refractivity (Wildman–Crippen MR) is 153 cm³/mol. The van der Waals surface area contributed by atoms with Crippen LogP contribution in [0.1, 0.15) is 93.1 Å². The average Bonchev–Trinajstić information content (AvgIpc) is 2.95. The van der Waals surface area contributed by atoms with E-state index in [0.717, 1.165) is 63.5 Å². The molecule has 0 saturated carbocycles. The molecule has 0 saturated heterocycles. The first-order chi connectivity index (χ1) is 18.3. The average molecular weight is 507 g/mol. The van der Waals surface area contributed by atoms with E-state index in [2.05, 4.69) is 13.0 Å². The van der Waals surface area contributed by atoms with Crippen LogP contribution in [-0.4, -0.2) is 22.8 Å². The van der Waals surface area contributed by atoms with E-state index < -0.39 is 0 Å². The van der Waals surface area contributed by atoms with Gasteiger partial charge >= 0.3 is 0 Å². The first kappa shape index (κ1) is 26.9. The van der Waals surface area contributed by atoms with Crippen LogP contribution in [0.3, 0.4) is 0 Å². The van der Waals surface area contributed by atoms with Crippen LogP contribution in [0, 0.1) is 6.92 Å². The second-order valence-corrected chi connectivity index (χ2v) is 9.91. The second-order valence-electron chi connectivity index (χ2n) is 9.91. The number of benzene rings is 4. The number of hydrogen-bond acceptors (Lipinski definition) is 4. The van der Waals surface area contributed by atoms with Crippen molar-refractivity contribution in [1.82, 2.24) is 0 Å². The van der Waals surface area contributed by atoms with Gasteiger partial charge in [0.1, 0.15) is 24.1 Å². The molecule has 38 heavy (non-hydrogen) atoms. The summed E-state index contributed by atoms with van der Waals surface area (Å²) in [6.45, 7) is 8.07. The van der Waals surface area contributed by atoms with E-state index in [4.69, 9.17) is 0 Å². The molecule has 0 amide bonds. The van der Waals surface area contributed by atoms with Gasteiger partial charge in [-0.3, -0.25) is 9.59 Å². The smallest absolute Gasteiger partial charge is 0.150 e. The number of aromatic hydroxyl groups is 2. The van der Waals surface area contributed by atoms with Crippen molar-refractivity contribution in [2.75, 3.05) is 0 Å². The highest BCUT2D eigenvalue weighted by atomic mass is 16.3. The Morgan fingerprint density at radius 3 is 1.76 bits per heavy atom. The van der Waals surface area contributed by atoms with Crippen molar-refractivity contribution in [2.45, 2.75) is 52.4 Å². The molecule has 0 aliphatic carbocycles. The molecule has 4 nitrogen and oxygen atoms in total. The lowest BCUT2D eigenvalue weighted by Crippen LogP contribution is -2.03. The van der Waals surface area contributed by atoms with Crippen LogP contribution in [-0.2, 0) is 6.42 Å². The lowest BCUT2D eigenvalue weighted by Gasteiger charge is -2.22. The quantitative estimate of drug-likeness (QED) is 0.226. The van der Waals surface area contributed by atoms with Crippen LogP contribution in [0.2, 0.25) is 0 Å². The second kappa shape index (κ2) is 11.5. The maximum absolute atomic E-state index is 11.2. The third kappa shape index (κ3) is 5.26. The summed E-state index contributed by atoms with van der Waals surface area (Å²) >= 11 is 0. The van der Waals surface area contributed by atoms with Crippen molar-refractivity contribution in [2.24, 2.45) is 0 Å². The zero-order valence-corrected chi connectivity index (χ0v) is 22.4. The van der Waals surface area contributed by atoms with Crippen LogP contribution in [0.15, 0.2) is 72.8 Å². The number of aryl methyl sites for hydroxylation is 2. The van der Waals surface area contributed by atoms with Crippen molar-refractivity contribution in [3.63, 3.8) is 0 Å². The number of carbonyl (C=O) groups excluding carboxylic acids is 2. The third-order valence-electron chi connectivity index (χ3n) is 7.56. The van der Waals surface area contributed by atoms with Gasteiger partial charge < -0.3 is 10.2 Å². The molecule has 0 aliphatic rings. The minimum absolute atomic E-state index is 0.0334. The first-order valence-electron chi connectivity index (χ1n) is 13.1. The highest BCUT2D eigenvalue weighted by molar-refractivity contribution is 5.76. The number of rotatable bonds is 9. The molecular formula is C34H34O4. The van der Waals surface area contributed by atoms with Gasteiger partial charge in [-0.25, -0.2) is 0 Å². The Morgan fingerprint density at radius 2 is 1.24 bits per heavy atom. The van der Waals surface area contributed by atoms with E-state index in [1.807, 2.05) is 75.4 Å². The Labute approximate surface area is 224 Å². The fraction of sp³-hybridized carbons (Fsp3) is 0.235. The molecule has 2 unspecified atom stereocenters. The minimum Gasteiger partial charge on any atom is -0.507 e. The Morgan fingerprint density at radius 1 is 0.711 bits per heavy atom. The summed E-state index contributed by atoms with van der Waals surface area (Å²) in [7, 11) is 0. The van der Waals surface area contributed by atoms with Gasteiger partial charge in [-0.2, -0.15) is 0 Å². The molecule has 0 fully saturated rings. The molecule has 4 heteroatoms. The van der Waals surface area contributed by atoms with Crippen LogP contribution in [0.4, 0.5) is 0 Å². The summed E-state index contributed by atoms with van der Waals surface area (Å²) in [6, 6.07) is 23.0. The minimum atomic E-state index is -0.0868. The van der Waals surface area contributed by atoms with Crippen molar-refractivity contribution >= 4 is 12.6 Å². The molecule has 0 bridgehead atoms. The molecule has 194 valence electrons. The zero-order chi connectivity index (χ0) is 27.4. The largest absolute Gasteiger partial charge is 0.507 e.